The lowest BCUT2D eigenvalue weighted by Gasteiger charge is -2.35. The lowest BCUT2D eigenvalue weighted by Crippen LogP contribution is -2.50. The van der Waals surface area contributed by atoms with E-state index in [-0.39, 0.29) is 17.3 Å². The third-order valence-electron chi connectivity index (χ3n) is 6.63. The van der Waals surface area contributed by atoms with E-state index in [1.807, 2.05) is 30.3 Å². The van der Waals surface area contributed by atoms with Crippen LogP contribution in [-0.4, -0.2) is 41.9 Å². The summed E-state index contributed by atoms with van der Waals surface area (Å²) in [5, 5.41) is 13.7. The van der Waals surface area contributed by atoms with Gasteiger partial charge in [0.2, 0.25) is 0 Å². The number of imidazole rings is 1. The van der Waals surface area contributed by atoms with Crippen LogP contribution >= 0.6 is 0 Å². The molecule has 0 bridgehead atoms. The summed E-state index contributed by atoms with van der Waals surface area (Å²) in [4.78, 5) is 38.1. The number of nitrogens with two attached hydrogens (primary N) is 1. The molecule has 3 aromatic rings. The number of hydrogen-bond donors (Lipinski definition) is 1. The van der Waals surface area contributed by atoms with Gasteiger partial charge in [0.25, 0.3) is 17.5 Å². The van der Waals surface area contributed by atoms with E-state index in [9.17, 15) is 19.6 Å². The zero-order valence-electron chi connectivity index (χ0n) is 22.4. The SMILES string of the molecule is COc1ccc([C@H](c2n(Cc3ccccc3)c(C)c(C)[n+]2[O-])C2C(=O)OC(C)(C)OC2=O)cc1OCC(N)=O. The molecule has 39 heavy (non-hydrogen) atoms. The average molecular weight is 538 g/mol. The van der Waals surface area contributed by atoms with Crippen molar-refractivity contribution >= 4 is 17.8 Å². The Morgan fingerprint density at radius 2 is 1.74 bits per heavy atom. The number of nitrogens with zero attached hydrogens (tertiary/aromatic N) is 2. The van der Waals surface area contributed by atoms with Crippen LogP contribution in [0.2, 0.25) is 0 Å². The number of rotatable bonds is 9. The molecule has 0 unspecified atom stereocenters. The van der Waals surface area contributed by atoms with E-state index in [0.29, 0.717) is 23.5 Å². The van der Waals surface area contributed by atoms with E-state index in [2.05, 4.69) is 0 Å². The van der Waals surface area contributed by atoms with Gasteiger partial charge in [-0.3, -0.25) is 14.4 Å². The van der Waals surface area contributed by atoms with Crippen LogP contribution in [-0.2, 0) is 30.4 Å². The van der Waals surface area contributed by atoms with E-state index in [1.54, 1.807) is 30.5 Å². The summed E-state index contributed by atoms with van der Waals surface area (Å²) >= 11 is 0. The molecule has 2 aromatic carbocycles. The normalized spacial score (nSPS) is 15.8. The van der Waals surface area contributed by atoms with Crippen LogP contribution in [0, 0.1) is 25.0 Å². The van der Waals surface area contributed by atoms with Crippen molar-refractivity contribution in [3.8, 4) is 11.5 Å². The van der Waals surface area contributed by atoms with E-state index >= 15 is 0 Å². The Labute approximate surface area is 225 Å². The minimum atomic E-state index is -1.50. The number of aromatic nitrogens is 2. The second kappa shape index (κ2) is 10.7. The molecule has 1 aliphatic heterocycles. The number of hydrogen-bond acceptors (Lipinski definition) is 8. The third-order valence-corrected chi connectivity index (χ3v) is 6.63. The molecule has 11 heteroatoms. The first kappa shape index (κ1) is 27.5. The van der Waals surface area contributed by atoms with E-state index < -0.39 is 42.1 Å². The smallest absolute Gasteiger partial charge is 0.324 e. The summed E-state index contributed by atoms with van der Waals surface area (Å²) in [6.07, 6.45) is 0. The van der Waals surface area contributed by atoms with Gasteiger partial charge in [0.05, 0.1) is 7.11 Å². The minimum absolute atomic E-state index is 0.137. The highest BCUT2D eigenvalue weighted by Crippen LogP contribution is 2.41. The number of carbonyl (C=O) groups is 3. The minimum Gasteiger partial charge on any atom is -0.711 e. The molecule has 0 aliphatic carbocycles. The number of ether oxygens (including phenoxy) is 4. The Balaban J connectivity index is 1.94. The van der Waals surface area contributed by atoms with Crippen LogP contribution in [0.5, 0.6) is 11.5 Å². The van der Waals surface area contributed by atoms with Gasteiger partial charge in [-0.05, 0) is 23.3 Å². The molecule has 0 spiro atoms. The zero-order valence-corrected chi connectivity index (χ0v) is 22.4. The first-order valence-corrected chi connectivity index (χ1v) is 12.3. The summed E-state index contributed by atoms with van der Waals surface area (Å²) < 4.78 is 24.3. The Morgan fingerprint density at radius 1 is 1.10 bits per heavy atom. The van der Waals surface area contributed by atoms with Crippen molar-refractivity contribution in [1.82, 2.24) is 4.57 Å². The maximum absolute atomic E-state index is 13.7. The van der Waals surface area contributed by atoms with Gasteiger partial charge in [0.15, 0.2) is 24.0 Å². The highest BCUT2D eigenvalue weighted by Gasteiger charge is 2.52. The van der Waals surface area contributed by atoms with E-state index in [4.69, 9.17) is 24.7 Å². The van der Waals surface area contributed by atoms with Crippen LogP contribution in [0.15, 0.2) is 48.5 Å². The molecule has 2 N–H and O–H groups in total. The molecule has 0 radical (unpaired) electrons. The van der Waals surface area contributed by atoms with Gasteiger partial charge >= 0.3 is 11.9 Å². The van der Waals surface area contributed by atoms with E-state index in [0.717, 1.165) is 10.3 Å². The van der Waals surface area contributed by atoms with Crippen LogP contribution in [0.3, 0.4) is 0 Å². The third kappa shape index (κ3) is 5.52. The second-order valence-electron chi connectivity index (χ2n) is 9.76. The van der Waals surface area contributed by atoms with Gasteiger partial charge in [0, 0.05) is 27.7 Å². The Morgan fingerprint density at radius 3 is 2.33 bits per heavy atom. The van der Waals surface area contributed by atoms with Gasteiger partial charge in [-0.1, -0.05) is 36.4 Å². The van der Waals surface area contributed by atoms with Gasteiger partial charge in [-0.15, -0.1) is 0 Å². The quantitative estimate of drug-likeness (QED) is 0.189. The molecule has 1 aliphatic rings. The number of primary amides is 1. The monoisotopic (exact) mass is 537 g/mol. The lowest BCUT2D eigenvalue weighted by atomic mass is 9.84. The fraction of sp³-hybridized carbons (Fsp3) is 0.357. The summed E-state index contributed by atoms with van der Waals surface area (Å²) in [5.41, 5.74) is 7.59. The topological polar surface area (TPSA) is 146 Å². The number of cyclic esters (lactones) is 2. The predicted molar refractivity (Wildman–Crippen MR) is 138 cm³/mol. The first-order valence-electron chi connectivity index (χ1n) is 12.3. The Kier molecular flexibility index (Phi) is 7.53. The summed E-state index contributed by atoms with van der Waals surface area (Å²) in [5.74, 6) is -5.91. The van der Waals surface area contributed by atoms with Gasteiger partial charge in [0.1, 0.15) is 23.9 Å². The number of methoxy groups -OCH3 is 1. The molecule has 1 saturated heterocycles. The highest BCUT2D eigenvalue weighted by atomic mass is 16.7. The molecular weight excluding hydrogens is 506 g/mol. The Bertz CT molecular complexity index is 1390. The predicted octanol–water partition coefficient (Wildman–Crippen LogP) is 2.24. The fourth-order valence-corrected chi connectivity index (χ4v) is 4.70. The van der Waals surface area contributed by atoms with Crippen molar-refractivity contribution in [2.75, 3.05) is 13.7 Å². The van der Waals surface area contributed by atoms with Crippen LogP contribution < -0.4 is 19.9 Å². The molecule has 1 aromatic heterocycles. The Hall–Kier alpha value is -4.54. The van der Waals surface area contributed by atoms with E-state index in [1.165, 1.54) is 27.0 Å². The maximum atomic E-state index is 13.7. The van der Waals surface area contributed by atoms with Gasteiger partial charge < -0.3 is 29.9 Å². The van der Waals surface area contributed by atoms with Gasteiger partial charge in [-0.25, -0.2) is 9.30 Å². The first-order chi connectivity index (χ1) is 18.4. The number of carbonyl (C=O) groups excluding carboxylic acids is 3. The van der Waals surface area contributed by atoms with Crippen molar-refractivity contribution in [2.24, 2.45) is 11.7 Å². The summed E-state index contributed by atoms with van der Waals surface area (Å²) in [6.45, 7) is 6.24. The molecule has 1 amide bonds. The number of amides is 1. The van der Waals surface area contributed by atoms with Crippen molar-refractivity contribution in [1.29, 1.82) is 0 Å². The van der Waals surface area contributed by atoms with Crippen LogP contribution in [0.4, 0.5) is 0 Å². The largest absolute Gasteiger partial charge is 0.711 e. The summed E-state index contributed by atoms with van der Waals surface area (Å²) in [6, 6.07) is 14.2. The molecule has 0 saturated carbocycles. The van der Waals surface area contributed by atoms with Crippen molar-refractivity contribution in [3.63, 3.8) is 0 Å². The highest BCUT2D eigenvalue weighted by molar-refractivity contribution is 5.98. The van der Waals surface area contributed by atoms with Crippen molar-refractivity contribution in [2.45, 2.75) is 45.9 Å². The molecular formula is C28H31N3O8. The second-order valence-corrected chi connectivity index (χ2v) is 9.76. The van der Waals surface area contributed by atoms with Crippen LogP contribution in [0.1, 0.15) is 48.1 Å². The molecule has 4 rings (SSSR count). The molecule has 11 nitrogen and oxygen atoms in total. The molecule has 1 atom stereocenters. The zero-order chi connectivity index (χ0) is 28.5. The number of benzene rings is 2. The number of esters is 2. The fourth-order valence-electron chi connectivity index (χ4n) is 4.70. The van der Waals surface area contributed by atoms with Gasteiger partial charge in [-0.2, -0.15) is 0 Å². The molecule has 206 valence electrons. The van der Waals surface area contributed by atoms with Crippen molar-refractivity contribution < 1.29 is 38.1 Å². The van der Waals surface area contributed by atoms with Crippen LogP contribution in [0.25, 0.3) is 0 Å². The lowest BCUT2D eigenvalue weighted by molar-refractivity contribution is -0.621. The standard InChI is InChI=1S/C28H31N3O8/c1-16-17(2)31(35)25(30(16)14-18-9-7-6-8-10-18)23(24-26(33)38-28(3,4)39-27(24)34)19-11-12-20(36-5)21(13-19)37-15-22(29)32/h6-13,23-24H,14-15H2,1-5H3,(H2,29,32)/t23-/m0/s1. The summed E-state index contributed by atoms with van der Waals surface area (Å²) in [7, 11) is 1.42. The van der Waals surface area contributed by atoms with Crippen molar-refractivity contribution in [3.05, 3.63) is 82.1 Å². The maximum Gasteiger partial charge on any atom is 0.324 e. The molecule has 2 heterocycles. The molecule has 1 fully saturated rings. The average Bonchev–Trinajstić information content (AvgIpc) is 3.08.